The van der Waals surface area contributed by atoms with Crippen LogP contribution >= 0.6 is 0 Å². The topological polar surface area (TPSA) is 50.9 Å². The molecule has 0 amide bonds. The van der Waals surface area contributed by atoms with Gasteiger partial charge >= 0.3 is 0 Å². The van der Waals surface area contributed by atoms with E-state index in [0.29, 0.717) is 11.8 Å². The molecule has 1 aromatic rings. The van der Waals surface area contributed by atoms with Crippen LogP contribution in [0.25, 0.3) is 0 Å². The Kier molecular flexibility index (Phi) is 4.93. The van der Waals surface area contributed by atoms with Gasteiger partial charge in [0.05, 0.1) is 6.10 Å². The van der Waals surface area contributed by atoms with E-state index < -0.39 is 0 Å². The molecule has 92 valence electrons. The standard InChI is InChI=1S/C12H23N3O/c1-9(2)7-15-12(13-8-14-15)6-5-11(16)10(3)4/h8-11,16H,5-7H2,1-4H3. The molecule has 1 heterocycles. The molecule has 1 unspecified atom stereocenters. The zero-order valence-electron chi connectivity index (χ0n) is 10.7. The van der Waals surface area contributed by atoms with E-state index in [9.17, 15) is 5.11 Å². The summed E-state index contributed by atoms with van der Waals surface area (Å²) in [5, 5.41) is 13.9. The van der Waals surface area contributed by atoms with Crippen molar-refractivity contribution in [3.8, 4) is 0 Å². The minimum absolute atomic E-state index is 0.246. The lowest BCUT2D eigenvalue weighted by Gasteiger charge is -2.14. The summed E-state index contributed by atoms with van der Waals surface area (Å²) < 4.78 is 1.94. The molecule has 0 fully saturated rings. The molecule has 16 heavy (non-hydrogen) atoms. The fraction of sp³-hybridized carbons (Fsp3) is 0.833. The molecule has 0 saturated heterocycles. The predicted octanol–water partition coefficient (Wildman–Crippen LogP) is 1.88. The van der Waals surface area contributed by atoms with Crippen molar-refractivity contribution in [1.29, 1.82) is 0 Å². The maximum absolute atomic E-state index is 9.74. The number of hydrogen-bond acceptors (Lipinski definition) is 3. The Balaban J connectivity index is 2.50. The molecule has 0 radical (unpaired) electrons. The van der Waals surface area contributed by atoms with Gasteiger partial charge in [0.25, 0.3) is 0 Å². The number of nitrogens with zero attached hydrogens (tertiary/aromatic N) is 3. The monoisotopic (exact) mass is 225 g/mol. The molecule has 1 N–H and O–H groups in total. The molecule has 4 nitrogen and oxygen atoms in total. The quantitative estimate of drug-likeness (QED) is 0.804. The Morgan fingerprint density at radius 3 is 2.56 bits per heavy atom. The highest BCUT2D eigenvalue weighted by Crippen LogP contribution is 2.10. The molecule has 0 aromatic carbocycles. The summed E-state index contributed by atoms with van der Waals surface area (Å²) >= 11 is 0. The van der Waals surface area contributed by atoms with Crippen molar-refractivity contribution < 1.29 is 5.11 Å². The highest BCUT2D eigenvalue weighted by molar-refractivity contribution is 4.86. The van der Waals surface area contributed by atoms with E-state index in [1.54, 1.807) is 6.33 Å². The summed E-state index contributed by atoms with van der Waals surface area (Å²) in [4.78, 5) is 4.24. The van der Waals surface area contributed by atoms with E-state index in [2.05, 4.69) is 23.9 Å². The van der Waals surface area contributed by atoms with Crippen LogP contribution in [-0.2, 0) is 13.0 Å². The molecular weight excluding hydrogens is 202 g/mol. The molecule has 0 bridgehead atoms. The average Bonchev–Trinajstić information content (AvgIpc) is 2.60. The first-order valence-corrected chi connectivity index (χ1v) is 6.05. The second-order valence-electron chi connectivity index (χ2n) is 5.10. The summed E-state index contributed by atoms with van der Waals surface area (Å²) in [6.07, 6.45) is 2.91. The van der Waals surface area contributed by atoms with Gasteiger partial charge < -0.3 is 5.11 Å². The normalized spacial score (nSPS) is 13.7. The Morgan fingerprint density at radius 2 is 2.00 bits per heavy atom. The molecule has 4 heteroatoms. The maximum Gasteiger partial charge on any atom is 0.138 e. The van der Waals surface area contributed by atoms with Crippen molar-refractivity contribution in [2.75, 3.05) is 0 Å². The van der Waals surface area contributed by atoms with E-state index in [0.717, 1.165) is 25.2 Å². The van der Waals surface area contributed by atoms with E-state index in [4.69, 9.17) is 0 Å². The van der Waals surface area contributed by atoms with Gasteiger partial charge in [0.1, 0.15) is 12.2 Å². The number of aromatic nitrogens is 3. The molecule has 0 aliphatic rings. The van der Waals surface area contributed by atoms with Gasteiger partial charge in [0.2, 0.25) is 0 Å². The number of hydrogen-bond donors (Lipinski definition) is 1. The van der Waals surface area contributed by atoms with E-state index >= 15 is 0 Å². The fourth-order valence-corrected chi connectivity index (χ4v) is 1.59. The molecule has 0 aliphatic heterocycles. The Bertz CT molecular complexity index is 307. The van der Waals surface area contributed by atoms with Crippen molar-refractivity contribution in [2.24, 2.45) is 11.8 Å². The highest BCUT2D eigenvalue weighted by atomic mass is 16.3. The second kappa shape index (κ2) is 5.99. The van der Waals surface area contributed by atoms with Crippen molar-refractivity contribution in [3.05, 3.63) is 12.2 Å². The van der Waals surface area contributed by atoms with Gasteiger partial charge in [0, 0.05) is 13.0 Å². The van der Waals surface area contributed by atoms with Crippen molar-refractivity contribution in [1.82, 2.24) is 14.8 Å². The van der Waals surface area contributed by atoms with Crippen molar-refractivity contribution in [3.63, 3.8) is 0 Å². The smallest absolute Gasteiger partial charge is 0.138 e. The molecule has 0 spiro atoms. The maximum atomic E-state index is 9.74. The SMILES string of the molecule is CC(C)Cn1ncnc1CCC(O)C(C)C. The fourth-order valence-electron chi connectivity index (χ4n) is 1.59. The zero-order chi connectivity index (χ0) is 12.1. The Morgan fingerprint density at radius 1 is 1.31 bits per heavy atom. The third-order valence-electron chi connectivity index (χ3n) is 2.67. The molecule has 0 saturated carbocycles. The van der Waals surface area contributed by atoms with Crippen LogP contribution < -0.4 is 0 Å². The largest absolute Gasteiger partial charge is 0.393 e. The molecule has 1 aromatic heterocycles. The molecule has 1 atom stereocenters. The van der Waals surface area contributed by atoms with Crippen LogP contribution in [0.4, 0.5) is 0 Å². The number of rotatable bonds is 6. The zero-order valence-corrected chi connectivity index (χ0v) is 10.7. The third kappa shape index (κ3) is 3.93. The number of aryl methyl sites for hydroxylation is 1. The van der Waals surface area contributed by atoms with Gasteiger partial charge in [-0.2, -0.15) is 5.10 Å². The van der Waals surface area contributed by atoms with E-state index in [1.807, 2.05) is 18.5 Å². The first kappa shape index (κ1) is 13.2. The first-order valence-electron chi connectivity index (χ1n) is 6.05. The van der Waals surface area contributed by atoms with Gasteiger partial charge in [0.15, 0.2) is 0 Å². The summed E-state index contributed by atoms with van der Waals surface area (Å²) in [7, 11) is 0. The lowest BCUT2D eigenvalue weighted by Crippen LogP contribution is -2.17. The second-order valence-corrected chi connectivity index (χ2v) is 5.10. The summed E-state index contributed by atoms with van der Waals surface area (Å²) in [6.45, 7) is 9.28. The van der Waals surface area contributed by atoms with Gasteiger partial charge in [-0.3, -0.25) is 0 Å². The van der Waals surface area contributed by atoms with E-state index in [1.165, 1.54) is 0 Å². The number of aliphatic hydroxyl groups is 1. The van der Waals surface area contributed by atoms with Crippen LogP contribution in [0.3, 0.4) is 0 Å². The third-order valence-corrected chi connectivity index (χ3v) is 2.67. The van der Waals surface area contributed by atoms with Crippen molar-refractivity contribution in [2.45, 2.75) is 53.2 Å². The van der Waals surface area contributed by atoms with Crippen LogP contribution in [0.2, 0.25) is 0 Å². The Hall–Kier alpha value is -0.900. The van der Waals surface area contributed by atoms with Crippen LogP contribution in [0.15, 0.2) is 6.33 Å². The Labute approximate surface area is 97.7 Å². The van der Waals surface area contributed by atoms with Crippen LogP contribution in [0.5, 0.6) is 0 Å². The summed E-state index contributed by atoms with van der Waals surface area (Å²) in [5.41, 5.74) is 0. The molecule has 0 aliphatic carbocycles. The lowest BCUT2D eigenvalue weighted by atomic mass is 10.0. The van der Waals surface area contributed by atoms with Crippen LogP contribution in [0, 0.1) is 11.8 Å². The highest BCUT2D eigenvalue weighted by Gasteiger charge is 2.12. The summed E-state index contributed by atoms with van der Waals surface area (Å²) in [5.74, 6) is 1.85. The minimum Gasteiger partial charge on any atom is -0.393 e. The first-order chi connectivity index (χ1) is 7.50. The van der Waals surface area contributed by atoms with Gasteiger partial charge in [-0.1, -0.05) is 27.7 Å². The van der Waals surface area contributed by atoms with E-state index in [-0.39, 0.29) is 6.10 Å². The van der Waals surface area contributed by atoms with Crippen molar-refractivity contribution >= 4 is 0 Å². The number of aliphatic hydroxyl groups excluding tert-OH is 1. The van der Waals surface area contributed by atoms with Gasteiger partial charge in [-0.25, -0.2) is 9.67 Å². The predicted molar refractivity (Wildman–Crippen MR) is 64.0 cm³/mol. The minimum atomic E-state index is -0.246. The van der Waals surface area contributed by atoms with Gasteiger partial charge in [-0.05, 0) is 18.3 Å². The molecule has 1 rings (SSSR count). The molecular formula is C12H23N3O. The van der Waals surface area contributed by atoms with Gasteiger partial charge in [-0.15, -0.1) is 0 Å². The summed E-state index contributed by atoms with van der Waals surface area (Å²) in [6, 6.07) is 0. The average molecular weight is 225 g/mol. The lowest BCUT2D eigenvalue weighted by molar-refractivity contribution is 0.115. The van der Waals surface area contributed by atoms with Crippen LogP contribution in [-0.4, -0.2) is 26.0 Å². The van der Waals surface area contributed by atoms with Crippen LogP contribution in [0.1, 0.15) is 39.9 Å².